The average Bonchev–Trinajstić information content (AvgIpc) is 3.74. The first-order valence-corrected chi connectivity index (χ1v) is 16.1. The van der Waals surface area contributed by atoms with Gasteiger partial charge in [-0.1, -0.05) is 92.9 Å². The van der Waals surface area contributed by atoms with Gasteiger partial charge in [-0.25, -0.2) is 4.98 Å². The molecule has 0 bridgehead atoms. The van der Waals surface area contributed by atoms with Crippen LogP contribution in [0.25, 0.3) is 22.4 Å². The van der Waals surface area contributed by atoms with Crippen molar-refractivity contribution in [1.82, 2.24) is 25.9 Å². The van der Waals surface area contributed by atoms with Gasteiger partial charge in [0.05, 0.1) is 11.9 Å². The Morgan fingerprint density at radius 3 is 2.25 bits per heavy atom. The molecule has 44 heavy (non-hydrogen) atoms. The summed E-state index contributed by atoms with van der Waals surface area (Å²) in [6, 6.07) is 25.7. The van der Waals surface area contributed by atoms with Crippen LogP contribution in [0.5, 0.6) is 0 Å². The van der Waals surface area contributed by atoms with E-state index in [0.717, 1.165) is 65.5 Å². The van der Waals surface area contributed by atoms with Crippen molar-refractivity contribution in [3.8, 4) is 22.4 Å². The number of aryl methyl sites for hydroxylation is 1. The molecule has 5 rings (SSSR count). The highest BCUT2D eigenvalue weighted by molar-refractivity contribution is 5.94. The fourth-order valence-electron chi connectivity index (χ4n) is 6.36. The standard InChI is InChI=1S/C37H45N5O2/c1-3-26-12-9-13-32(26)24-41-36(43)31-21-17-28(18-22-31)27-15-19-29(20-16-27)33-25-40-34(42-33)14-7-8-23-39-37(44)35(38-2)30-10-5-4-6-11-30/h4-6,10-11,15-22,25-26,32,35,38H,3,7-9,12-14,23-24H2,1-2H3,(H,39,44)(H,40,42)(H,41,43). The second kappa shape index (κ2) is 15.5. The van der Waals surface area contributed by atoms with Crippen molar-refractivity contribution >= 4 is 11.8 Å². The van der Waals surface area contributed by atoms with E-state index < -0.39 is 0 Å². The molecule has 0 aliphatic heterocycles. The molecule has 7 heteroatoms. The van der Waals surface area contributed by atoms with Gasteiger partial charge in [0.25, 0.3) is 5.91 Å². The number of likely N-dealkylation sites (N-methyl/N-ethyl adjacent to an activating group) is 1. The molecule has 1 aliphatic carbocycles. The van der Waals surface area contributed by atoms with Gasteiger partial charge in [0.15, 0.2) is 0 Å². The largest absolute Gasteiger partial charge is 0.354 e. The Balaban J connectivity index is 1.06. The number of H-pyrrole nitrogens is 1. The Labute approximate surface area is 261 Å². The van der Waals surface area contributed by atoms with E-state index in [4.69, 9.17) is 0 Å². The smallest absolute Gasteiger partial charge is 0.251 e. The Kier molecular flexibility index (Phi) is 11.0. The van der Waals surface area contributed by atoms with Gasteiger partial charge in [-0.2, -0.15) is 0 Å². The monoisotopic (exact) mass is 591 g/mol. The van der Waals surface area contributed by atoms with Crippen molar-refractivity contribution < 1.29 is 9.59 Å². The van der Waals surface area contributed by atoms with Crippen molar-refractivity contribution in [2.45, 2.75) is 57.9 Å². The molecule has 230 valence electrons. The Morgan fingerprint density at radius 1 is 0.864 bits per heavy atom. The van der Waals surface area contributed by atoms with Crippen LogP contribution in [0.1, 0.15) is 73.2 Å². The molecule has 4 aromatic rings. The number of nitrogens with zero attached hydrogens (tertiary/aromatic N) is 1. The molecule has 7 nitrogen and oxygen atoms in total. The fraction of sp³-hybridized carbons (Fsp3) is 0.378. The molecule has 1 aliphatic rings. The van der Waals surface area contributed by atoms with Gasteiger partial charge in [-0.3, -0.25) is 9.59 Å². The molecule has 2 amide bonds. The summed E-state index contributed by atoms with van der Waals surface area (Å²) < 4.78 is 0. The van der Waals surface area contributed by atoms with Gasteiger partial charge in [-0.15, -0.1) is 0 Å². The lowest BCUT2D eigenvalue weighted by atomic mass is 9.93. The zero-order chi connectivity index (χ0) is 30.7. The highest BCUT2D eigenvalue weighted by atomic mass is 16.2. The van der Waals surface area contributed by atoms with E-state index in [-0.39, 0.29) is 17.9 Å². The third-order valence-electron chi connectivity index (χ3n) is 8.99. The van der Waals surface area contributed by atoms with Gasteiger partial charge >= 0.3 is 0 Å². The first-order chi connectivity index (χ1) is 21.6. The van der Waals surface area contributed by atoms with Crippen LogP contribution in [0.3, 0.4) is 0 Å². The van der Waals surface area contributed by atoms with Crippen molar-refractivity contribution in [2.24, 2.45) is 11.8 Å². The molecule has 3 atom stereocenters. The molecule has 1 aromatic heterocycles. The molecular weight excluding hydrogens is 546 g/mol. The SMILES string of the molecule is CCC1CCCC1CNC(=O)c1ccc(-c2ccc(-c3cnc(CCCCNC(=O)C(NC)c4ccccc4)[nH]3)cc2)cc1. The maximum Gasteiger partial charge on any atom is 0.251 e. The van der Waals surface area contributed by atoms with Gasteiger partial charge in [0.2, 0.25) is 5.91 Å². The van der Waals surface area contributed by atoms with Crippen LogP contribution in [0.4, 0.5) is 0 Å². The number of rotatable bonds is 14. The van der Waals surface area contributed by atoms with Crippen LogP contribution < -0.4 is 16.0 Å². The Bertz CT molecular complexity index is 1480. The molecule has 1 fully saturated rings. The fourth-order valence-corrected chi connectivity index (χ4v) is 6.36. The number of imidazole rings is 1. The van der Waals surface area contributed by atoms with Gasteiger partial charge in [0, 0.05) is 25.1 Å². The summed E-state index contributed by atoms with van der Waals surface area (Å²) >= 11 is 0. The maximum atomic E-state index is 12.7. The normalized spacial score (nSPS) is 16.9. The Morgan fingerprint density at radius 2 is 1.55 bits per heavy atom. The zero-order valence-electron chi connectivity index (χ0n) is 25.9. The van der Waals surface area contributed by atoms with Crippen molar-refractivity contribution in [3.05, 3.63) is 102 Å². The third-order valence-corrected chi connectivity index (χ3v) is 8.99. The second-order valence-electron chi connectivity index (χ2n) is 11.8. The lowest BCUT2D eigenvalue weighted by Gasteiger charge is -2.18. The summed E-state index contributed by atoms with van der Waals surface area (Å²) in [5, 5.41) is 9.30. The minimum absolute atomic E-state index is 0.0106. The minimum atomic E-state index is -0.346. The van der Waals surface area contributed by atoms with Gasteiger partial charge in [0.1, 0.15) is 11.9 Å². The summed E-state index contributed by atoms with van der Waals surface area (Å²) in [6.07, 6.45) is 9.50. The highest BCUT2D eigenvalue weighted by Gasteiger charge is 2.26. The maximum absolute atomic E-state index is 12.7. The number of hydrogen-bond donors (Lipinski definition) is 4. The van der Waals surface area contributed by atoms with Crippen LogP contribution in [0.2, 0.25) is 0 Å². The van der Waals surface area contributed by atoms with E-state index in [0.29, 0.717) is 18.0 Å². The van der Waals surface area contributed by atoms with Crippen LogP contribution in [0.15, 0.2) is 85.1 Å². The first kappa shape index (κ1) is 31.2. The number of unbranched alkanes of at least 4 members (excludes halogenated alkanes) is 1. The summed E-state index contributed by atoms with van der Waals surface area (Å²) in [4.78, 5) is 33.3. The lowest BCUT2D eigenvalue weighted by molar-refractivity contribution is -0.123. The molecule has 0 spiro atoms. The number of nitrogens with one attached hydrogen (secondary N) is 4. The van der Waals surface area contributed by atoms with Crippen LogP contribution in [0, 0.1) is 11.8 Å². The van der Waals surface area contributed by atoms with E-state index in [1.165, 1.54) is 25.7 Å². The van der Waals surface area contributed by atoms with Crippen molar-refractivity contribution in [1.29, 1.82) is 0 Å². The Hall–Kier alpha value is -4.23. The molecule has 3 unspecified atom stereocenters. The number of amides is 2. The van der Waals surface area contributed by atoms with E-state index >= 15 is 0 Å². The van der Waals surface area contributed by atoms with Gasteiger partial charge < -0.3 is 20.9 Å². The minimum Gasteiger partial charge on any atom is -0.354 e. The van der Waals surface area contributed by atoms with E-state index in [2.05, 4.69) is 57.1 Å². The summed E-state index contributed by atoms with van der Waals surface area (Å²) in [5.74, 6) is 2.31. The molecule has 1 heterocycles. The first-order valence-electron chi connectivity index (χ1n) is 16.1. The van der Waals surface area contributed by atoms with E-state index in [9.17, 15) is 9.59 Å². The molecule has 1 saturated carbocycles. The number of hydrogen-bond acceptors (Lipinski definition) is 4. The number of benzene rings is 3. The molecule has 0 saturated heterocycles. The van der Waals surface area contributed by atoms with Crippen LogP contribution >= 0.6 is 0 Å². The summed E-state index contributed by atoms with van der Waals surface area (Å²) in [5.41, 5.74) is 5.91. The number of carbonyl (C=O) groups excluding carboxylic acids is 2. The summed E-state index contributed by atoms with van der Waals surface area (Å²) in [7, 11) is 1.80. The average molecular weight is 592 g/mol. The predicted molar refractivity (Wildman–Crippen MR) is 177 cm³/mol. The molecule has 4 N–H and O–H groups in total. The quantitative estimate of drug-likeness (QED) is 0.123. The zero-order valence-corrected chi connectivity index (χ0v) is 25.9. The molecule has 3 aromatic carbocycles. The molecule has 0 radical (unpaired) electrons. The number of carbonyl (C=O) groups is 2. The number of aromatic nitrogens is 2. The predicted octanol–water partition coefficient (Wildman–Crippen LogP) is 6.70. The van der Waals surface area contributed by atoms with Crippen LogP contribution in [-0.2, 0) is 11.2 Å². The summed E-state index contributed by atoms with van der Waals surface area (Å²) in [6.45, 7) is 3.66. The van der Waals surface area contributed by atoms with Gasteiger partial charge in [-0.05, 0) is 72.5 Å². The highest BCUT2D eigenvalue weighted by Crippen LogP contribution is 2.33. The van der Waals surface area contributed by atoms with E-state index in [1.54, 1.807) is 7.05 Å². The van der Waals surface area contributed by atoms with E-state index in [1.807, 2.05) is 60.8 Å². The number of aromatic amines is 1. The lowest BCUT2D eigenvalue weighted by Crippen LogP contribution is -2.36. The van der Waals surface area contributed by atoms with Crippen molar-refractivity contribution in [2.75, 3.05) is 20.1 Å². The third kappa shape index (κ3) is 8.03. The second-order valence-corrected chi connectivity index (χ2v) is 11.8. The van der Waals surface area contributed by atoms with Crippen LogP contribution in [-0.4, -0.2) is 41.9 Å². The topological polar surface area (TPSA) is 98.9 Å². The molecular formula is C37H45N5O2. The van der Waals surface area contributed by atoms with Crippen molar-refractivity contribution in [3.63, 3.8) is 0 Å².